The molecule has 7 heteroatoms. The van der Waals surface area contributed by atoms with Gasteiger partial charge < -0.3 is 10.1 Å². The first-order valence-corrected chi connectivity index (χ1v) is 10.3. The van der Waals surface area contributed by atoms with Crippen LogP contribution in [0.4, 0.5) is 5.69 Å². The van der Waals surface area contributed by atoms with E-state index in [4.69, 9.17) is 16.3 Å². The van der Waals surface area contributed by atoms with Gasteiger partial charge in [0.1, 0.15) is 5.75 Å². The molecule has 6 nitrogen and oxygen atoms in total. The molecule has 0 radical (unpaired) electrons. The normalized spacial score (nSPS) is 10.7. The van der Waals surface area contributed by atoms with E-state index in [0.29, 0.717) is 23.1 Å². The SMILES string of the molecule is CCOc1ccc(-n2nc(C(=O)Nc3ccccc3Cl)nc2-c2cccc(C)c2)cc1. The molecular weight excluding hydrogens is 412 g/mol. The maximum atomic E-state index is 12.9. The number of nitrogens with zero attached hydrogens (tertiary/aromatic N) is 3. The molecule has 0 aliphatic heterocycles. The topological polar surface area (TPSA) is 69.0 Å². The number of carbonyl (C=O) groups excluding carboxylic acids is 1. The molecule has 0 unspecified atom stereocenters. The lowest BCUT2D eigenvalue weighted by molar-refractivity contribution is 0.101. The zero-order chi connectivity index (χ0) is 21.8. The van der Waals surface area contributed by atoms with Crippen LogP contribution in [-0.2, 0) is 0 Å². The van der Waals surface area contributed by atoms with E-state index in [9.17, 15) is 4.79 Å². The van der Waals surface area contributed by atoms with Crippen LogP contribution in [0.15, 0.2) is 72.8 Å². The number of anilines is 1. The van der Waals surface area contributed by atoms with Gasteiger partial charge >= 0.3 is 0 Å². The van der Waals surface area contributed by atoms with E-state index in [0.717, 1.165) is 22.6 Å². The molecule has 156 valence electrons. The van der Waals surface area contributed by atoms with Crippen LogP contribution in [0.3, 0.4) is 0 Å². The highest BCUT2D eigenvalue weighted by atomic mass is 35.5. The molecule has 0 saturated carbocycles. The number of hydrogen-bond donors (Lipinski definition) is 1. The lowest BCUT2D eigenvalue weighted by Gasteiger charge is -2.08. The zero-order valence-corrected chi connectivity index (χ0v) is 17.9. The van der Waals surface area contributed by atoms with Crippen LogP contribution in [0.5, 0.6) is 5.75 Å². The highest BCUT2D eigenvalue weighted by Crippen LogP contribution is 2.25. The number of halogens is 1. The van der Waals surface area contributed by atoms with Crippen LogP contribution in [0.2, 0.25) is 5.02 Å². The van der Waals surface area contributed by atoms with Gasteiger partial charge in [-0.15, -0.1) is 5.10 Å². The second-order valence-corrected chi connectivity index (χ2v) is 7.31. The number of aromatic nitrogens is 3. The van der Waals surface area contributed by atoms with Crippen LogP contribution < -0.4 is 10.1 Å². The lowest BCUT2D eigenvalue weighted by atomic mass is 10.1. The molecule has 0 aliphatic rings. The molecule has 1 amide bonds. The molecule has 1 aromatic heterocycles. The number of para-hydroxylation sites is 1. The van der Waals surface area contributed by atoms with Crippen molar-refractivity contribution >= 4 is 23.2 Å². The Morgan fingerprint density at radius 1 is 1.06 bits per heavy atom. The first kappa shape index (κ1) is 20.6. The number of hydrogen-bond acceptors (Lipinski definition) is 4. The van der Waals surface area contributed by atoms with Crippen molar-refractivity contribution in [3.05, 3.63) is 89.2 Å². The van der Waals surface area contributed by atoms with Crippen molar-refractivity contribution in [2.75, 3.05) is 11.9 Å². The van der Waals surface area contributed by atoms with Crippen molar-refractivity contribution in [3.8, 4) is 22.8 Å². The van der Waals surface area contributed by atoms with Crippen molar-refractivity contribution in [1.82, 2.24) is 14.8 Å². The first-order valence-electron chi connectivity index (χ1n) is 9.88. The van der Waals surface area contributed by atoms with Gasteiger partial charge in [-0.3, -0.25) is 4.79 Å². The Labute approximate surface area is 185 Å². The molecule has 31 heavy (non-hydrogen) atoms. The first-order chi connectivity index (χ1) is 15.0. The standard InChI is InChI=1S/C24H21ClN4O2/c1-3-31-19-13-11-18(12-14-19)29-23(17-8-6-7-16(2)15-17)27-22(28-29)24(30)26-21-10-5-4-9-20(21)25/h4-15H,3H2,1-2H3,(H,26,30). The Bertz CT molecular complexity index is 1220. The van der Waals surface area contributed by atoms with Crippen molar-refractivity contribution < 1.29 is 9.53 Å². The summed E-state index contributed by atoms with van der Waals surface area (Å²) in [6, 6.07) is 22.4. The summed E-state index contributed by atoms with van der Waals surface area (Å²) in [5.41, 5.74) is 3.21. The maximum Gasteiger partial charge on any atom is 0.295 e. The van der Waals surface area contributed by atoms with Crippen molar-refractivity contribution in [2.45, 2.75) is 13.8 Å². The minimum Gasteiger partial charge on any atom is -0.494 e. The van der Waals surface area contributed by atoms with Crippen molar-refractivity contribution in [3.63, 3.8) is 0 Å². The molecule has 0 bridgehead atoms. The van der Waals surface area contributed by atoms with Crippen molar-refractivity contribution in [1.29, 1.82) is 0 Å². The number of carbonyl (C=O) groups is 1. The third-order valence-corrected chi connectivity index (χ3v) is 4.93. The third-order valence-electron chi connectivity index (χ3n) is 4.60. The summed E-state index contributed by atoms with van der Waals surface area (Å²) < 4.78 is 7.19. The Balaban J connectivity index is 1.75. The Kier molecular flexibility index (Phi) is 6.00. The van der Waals surface area contributed by atoms with E-state index in [1.807, 2.05) is 62.4 Å². The summed E-state index contributed by atoms with van der Waals surface area (Å²) in [4.78, 5) is 17.4. The molecule has 0 fully saturated rings. The van der Waals surface area contributed by atoms with Gasteiger partial charge in [0, 0.05) is 5.56 Å². The van der Waals surface area contributed by atoms with E-state index in [1.54, 1.807) is 28.9 Å². The molecule has 4 aromatic rings. The quantitative estimate of drug-likeness (QED) is 0.434. The molecule has 1 N–H and O–H groups in total. The number of rotatable bonds is 6. The monoisotopic (exact) mass is 432 g/mol. The molecule has 0 saturated heterocycles. The van der Waals surface area contributed by atoms with Crippen LogP contribution in [-0.4, -0.2) is 27.3 Å². The minimum absolute atomic E-state index is 0.0466. The summed E-state index contributed by atoms with van der Waals surface area (Å²) in [5.74, 6) is 0.939. The van der Waals surface area contributed by atoms with Crippen LogP contribution in [0, 0.1) is 6.92 Å². The third kappa shape index (κ3) is 4.59. The van der Waals surface area contributed by atoms with Gasteiger partial charge in [0.15, 0.2) is 5.82 Å². The minimum atomic E-state index is -0.438. The predicted octanol–water partition coefficient (Wildman–Crippen LogP) is 5.55. The molecule has 3 aromatic carbocycles. The van der Waals surface area contributed by atoms with Gasteiger partial charge in [0.25, 0.3) is 5.91 Å². The largest absolute Gasteiger partial charge is 0.494 e. The molecule has 0 atom stereocenters. The Hall–Kier alpha value is -3.64. The van der Waals surface area contributed by atoms with Crippen molar-refractivity contribution in [2.24, 2.45) is 0 Å². The molecule has 0 aliphatic carbocycles. The van der Waals surface area contributed by atoms with Crippen LogP contribution >= 0.6 is 11.6 Å². The average molecular weight is 433 g/mol. The predicted molar refractivity (Wildman–Crippen MR) is 122 cm³/mol. The molecule has 0 spiro atoms. The number of amides is 1. The lowest BCUT2D eigenvalue weighted by Crippen LogP contribution is -2.14. The maximum absolute atomic E-state index is 12.9. The molecule has 1 heterocycles. The van der Waals surface area contributed by atoms with E-state index < -0.39 is 5.91 Å². The number of benzene rings is 3. The fourth-order valence-electron chi connectivity index (χ4n) is 3.15. The van der Waals surface area contributed by atoms with Crippen LogP contribution in [0.25, 0.3) is 17.1 Å². The number of aryl methyl sites for hydroxylation is 1. The van der Waals surface area contributed by atoms with Gasteiger partial charge in [0.05, 0.1) is 23.0 Å². The fraction of sp³-hybridized carbons (Fsp3) is 0.125. The molecule has 4 rings (SSSR count). The smallest absolute Gasteiger partial charge is 0.295 e. The zero-order valence-electron chi connectivity index (χ0n) is 17.2. The Morgan fingerprint density at radius 3 is 2.55 bits per heavy atom. The highest BCUT2D eigenvalue weighted by molar-refractivity contribution is 6.33. The van der Waals surface area contributed by atoms with Gasteiger partial charge in [-0.05, 0) is 56.3 Å². The number of ether oxygens (including phenoxy) is 1. The van der Waals surface area contributed by atoms with Gasteiger partial charge in [0.2, 0.25) is 5.82 Å². The fourth-order valence-corrected chi connectivity index (χ4v) is 3.33. The summed E-state index contributed by atoms with van der Waals surface area (Å²) in [6.45, 7) is 4.53. The Morgan fingerprint density at radius 2 is 1.84 bits per heavy atom. The molecular formula is C24H21ClN4O2. The summed E-state index contributed by atoms with van der Waals surface area (Å²) >= 11 is 6.17. The number of nitrogens with one attached hydrogen (secondary N) is 1. The van der Waals surface area contributed by atoms with Crippen LogP contribution in [0.1, 0.15) is 23.1 Å². The van der Waals surface area contributed by atoms with E-state index in [1.165, 1.54) is 0 Å². The van der Waals surface area contributed by atoms with Gasteiger partial charge in [-0.25, -0.2) is 9.67 Å². The summed E-state index contributed by atoms with van der Waals surface area (Å²) in [7, 11) is 0. The highest BCUT2D eigenvalue weighted by Gasteiger charge is 2.19. The van der Waals surface area contributed by atoms with Gasteiger partial charge in [-0.1, -0.05) is 47.5 Å². The van der Waals surface area contributed by atoms with Gasteiger partial charge in [-0.2, -0.15) is 0 Å². The van der Waals surface area contributed by atoms with E-state index in [2.05, 4.69) is 15.4 Å². The summed E-state index contributed by atoms with van der Waals surface area (Å²) in [6.07, 6.45) is 0. The second kappa shape index (κ2) is 9.02. The average Bonchev–Trinajstić information content (AvgIpc) is 3.22. The van der Waals surface area contributed by atoms with E-state index >= 15 is 0 Å². The van der Waals surface area contributed by atoms with E-state index in [-0.39, 0.29) is 5.82 Å². The summed E-state index contributed by atoms with van der Waals surface area (Å²) in [5, 5.41) is 7.72. The second-order valence-electron chi connectivity index (χ2n) is 6.90.